The largest absolute Gasteiger partial charge is 0.381 e. The van der Waals surface area contributed by atoms with Crippen molar-refractivity contribution in [2.45, 2.75) is 51.2 Å². The summed E-state index contributed by atoms with van der Waals surface area (Å²) < 4.78 is 32.3. The highest BCUT2D eigenvalue weighted by Gasteiger charge is 2.32. The number of hydrogen-bond acceptors (Lipinski definition) is 6. The van der Waals surface area contributed by atoms with Gasteiger partial charge in [-0.05, 0) is 38.7 Å². The Morgan fingerprint density at radius 1 is 1.24 bits per heavy atom. The Kier molecular flexibility index (Phi) is 7.66. The van der Waals surface area contributed by atoms with Gasteiger partial charge in [-0.2, -0.15) is 5.10 Å². The molecule has 0 radical (unpaired) electrons. The first kappa shape index (κ1) is 22.2. The van der Waals surface area contributed by atoms with Gasteiger partial charge in [0.1, 0.15) is 6.54 Å². The number of sulfonamides is 1. The number of aromatic nitrogens is 2. The molecule has 10 heteroatoms. The zero-order chi connectivity index (χ0) is 20.9. The van der Waals surface area contributed by atoms with Crippen LogP contribution in [-0.2, 0) is 26.1 Å². The third-order valence-electron chi connectivity index (χ3n) is 5.79. The molecule has 9 nitrogen and oxygen atoms in total. The van der Waals surface area contributed by atoms with Crippen LogP contribution in [0.2, 0.25) is 0 Å². The fourth-order valence-corrected chi connectivity index (χ4v) is 5.14. The minimum absolute atomic E-state index is 0.0491. The molecular weight excluding hydrogens is 394 g/mol. The molecule has 0 unspecified atom stereocenters. The molecule has 1 aromatic heterocycles. The molecule has 29 heavy (non-hydrogen) atoms. The van der Waals surface area contributed by atoms with Crippen molar-refractivity contribution in [1.82, 2.24) is 24.3 Å². The Morgan fingerprint density at radius 2 is 1.90 bits per heavy atom. The van der Waals surface area contributed by atoms with Crippen molar-refractivity contribution < 1.29 is 17.9 Å². The van der Waals surface area contributed by atoms with Gasteiger partial charge in [-0.25, -0.2) is 12.7 Å². The third kappa shape index (κ3) is 6.50. The molecule has 3 rings (SSSR count). The van der Waals surface area contributed by atoms with E-state index in [0.29, 0.717) is 31.7 Å². The second kappa shape index (κ2) is 10.0. The predicted molar refractivity (Wildman–Crippen MR) is 110 cm³/mol. The second-order valence-electron chi connectivity index (χ2n) is 7.98. The quantitative estimate of drug-likeness (QED) is 0.637. The van der Waals surface area contributed by atoms with Gasteiger partial charge in [-0.3, -0.25) is 14.4 Å². The molecule has 0 bridgehead atoms. The van der Waals surface area contributed by atoms with Gasteiger partial charge in [-0.1, -0.05) is 0 Å². The standard InChI is InChI=1S/C19H33N5O4S/c1-16-3-9-22(21-16)15-19(25)20-8-12-24(18-6-13-28-14-7-18)17-4-10-23(11-5-17)29(2,26)27/h3,9,17-18H,4-8,10-15H2,1-2H3,(H,20,25). The lowest BCUT2D eigenvalue weighted by Crippen LogP contribution is -2.53. The SMILES string of the molecule is Cc1ccn(CC(=O)NCCN(C2CCOCC2)C2CCN(S(C)(=O)=O)CC2)n1. The van der Waals surface area contributed by atoms with Crippen LogP contribution in [0.25, 0.3) is 0 Å². The van der Waals surface area contributed by atoms with Gasteiger partial charge >= 0.3 is 0 Å². The lowest BCUT2D eigenvalue weighted by Gasteiger charge is -2.43. The number of carbonyl (C=O) groups is 1. The topological polar surface area (TPSA) is 96.8 Å². The number of ether oxygens (including phenoxy) is 1. The molecule has 2 saturated heterocycles. The van der Waals surface area contributed by atoms with Gasteiger partial charge in [0.05, 0.1) is 11.9 Å². The Hall–Kier alpha value is -1.49. The number of carbonyl (C=O) groups excluding carboxylic acids is 1. The van der Waals surface area contributed by atoms with E-state index < -0.39 is 10.0 Å². The van der Waals surface area contributed by atoms with Crippen molar-refractivity contribution in [1.29, 1.82) is 0 Å². The zero-order valence-electron chi connectivity index (χ0n) is 17.4. The van der Waals surface area contributed by atoms with E-state index in [0.717, 1.165) is 51.1 Å². The van der Waals surface area contributed by atoms with E-state index in [1.807, 2.05) is 13.0 Å². The third-order valence-corrected chi connectivity index (χ3v) is 7.10. The molecule has 0 atom stereocenters. The Bertz CT molecular complexity index is 767. The zero-order valence-corrected chi connectivity index (χ0v) is 18.2. The summed E-state index contributed by atoms with van der Waals surface area (Å²) in [5.41, 5.74) is 0.893. The monoisotopic (exact) mass is 427 g/mol. The van der Waals surface area contributed by atoms with Crippen molar-refractivity contribution in [2.75, 3.05) is 45.6 Å². The first-order chi connectivity index (χ1) is 13.8. The molecule has 3 heterocycles. The number of nitrogens with one attached hydrogen (secondary N) is 1. The van der Waals surface area contributed by atoms with Crippen molar-refractivity contribution in [3.05, 3.63) is 18.0 Å². The lowest BCUT2D eigenvalue weighted by atomic mass is 9.98. The van der Waals surface area contributed by atoms with Crippen LogP contribution in [0, 0.1) is 6.92 Å². The maximum Gasteiger partial charge on any atom is 0.241 e. The van der Waals surface area contributed by atoms with Crippen molar-refractivity contribution in [3.63, 3.8) is 0 Å². The van der Waals surface area contributed by atoms with Crippen molar-refractivity contribution >= 4 is 15.9 Å². The highest BCUT2D eigenvalue weighted by molar-refractivity contribution is 7.88. The van der Waals surface area contributed by atoms with Crippen LogP contribution in [0.3, 0.4) is 0 Å². The average Bonchev–Trinajstić information content (AvgIpc) is 3.10. The Labute approximate surface area is 173 Å². The summed E-state index contributed by atoms with van der Waals surface area (Å²) >= 11 is 0. The van der Waals surface area contributed by atoms with E-state index in [1.165, 1.54) is 6.26 Å². The number of rotatable bonds is 8. The van der Waals surface area contributed by atoms with Gasteiger partial charge in [0.15, 0.2) is 0 Å². The van der Waals surface area contributed by atoms with Gasteiger partial charge in [-0.15, -0.1) is 0 Å². The van der Waals surface area contributed by atoms with Crippen LogP contribution in [0.5, 0.6) is 0 Å². The van der Waals surface area contributed by atoms with Crippen molar-refractivity contribution in [2.24, 2.45) is 0 Å². The lowest BCUT2D eigenvalue weighted by molar-refractivity contribution is -0.122. The minimum atomic E-state index is -3.13. The summed E-state index contributed by atoms with van der Waals surface area (Å²) in [6.45, 7) is 6.10. The number of nitrogens with zero attached hydrogens (tertiary/aromatic N) is 4. The summed E-state index contributed by atoms with van der Waals surface area (Å²) in [6.07, 6.45) is 6.69. The molecule has 1 amide bonds. The Morgan fingerprint density at radius 3 is 2.48 bits per heavy atom. The molecule has 1 N–H and O–H groups in total. The first-order valence-electron chi connectivity index (χ1n) is 10.4. The van der Waals surface area contributed by atoms with E-state index in [1.54, 1.807) is 15.2 Å². The van der Waals surface area contributed by atoms with E-state index >= 15 is 0 Å². The number of aryl methyl sites for hydroxylation is 1. The molecule has 164 valence electrons. The van der Waals surface area contributed by atoms with E-state index in [9.17, 15) is 13.2 Å². The molecule has 2 aliphatic rings. The number of hydrogen-bond donors (Lipinski definition) is 1. The second-order valence-corrected chi connectivity index (χ2v) is 9.96. The average molecular weight is 428 g/mol. The highest BCUT2D eigenvalue weighted by atomic mass is 32.2. The molecular formula is C19H33N5O4S. The maximum absolute atomic E-state index is 12.2. The first-order valence-corrected chi connectivity index (χ1v) is 12.2. The highest BCUT2D eigenvalue weighted by Crippen LogP contribution is 2.24. The maximum atomic E-state index is 12.2. The van der Waals surface area contributed by atoms with Crippen LogP contribution >= 0.6 is 0 Å². The minimum Gasteiger partial charge on any atom is -0.381 e. The molecule has 2 fully saturated rings. The van der Waals surface area contributed by atoms with Crippen LogP contribution in [-0.4, -0.2) is 91.0 Å². The summed E-state index contributed by atoms with van der Waals surface area (Å²) in [4.78, 5) is 14.7. The van der Waals surface area contributed by atoms with Gasteiger partial charge < -0.3 is 10.1 Å². The molecule has 2 aliphatic heterocycles. The van der Waals surface area contributed by atoms with Crippen LogP contribution in [0.1, 0.15) is 31.4 Å². The number of piperidine rings is 1. The summed E-state index contributed by atoms with van der Waals surface area (Å²) in [5, 5.41) is 7.25. The normalized spacial score (nSPS) is 20.2. The Balaban J connectivity index is 1.52. The van der Waals surface area contributed by atoms with Gasteiger partial charge in [0.2, 0.25) is 15.9 Å². The van der Waals surface area contributed by atoms with Crippen molar-refractivity contribution in [3.8, 4) is 0 Å². The summed E-state index contributed by atoms with van der Waals surface area (Å²) in [7, 11) is -3.13. The fourth-order valence-electron chi connectivity index (χ4n) is 4.26. The molecule has 0 aromatic carbocycles. The smallest absolute Gasteiger partial charge is 0.241 e. The van der Waals surface area contributed by atoms with E-state index in [-0.39, 0.29) is 12.5 Å². The van der Waals surface area contributed by atoms with Gasteiger partial charge in [0.25, 0.3) is 0 Å². The number of amides is 1. The predicted octanol–water partition coefficient (Wildman–Crippen LogP) is 0.213. The van der Waals surface area contributed by atoms with Crippen LogP contribution < -0.4 is 5.32 Å². The molecule has 0 saturated carbocycles. The van der Waals surface area contributed by atoms with E-state index in [2.05, 4.69) is 15.3 Å². The van der Waals surface area contributed by atoms with Crippen LogP contribution in [0.15, 0.2) is 12.3 Å². The molecule has 0 spiro atoms. The van der Waals surface area contributed by atoms with E-state index in [4.69, 9.17) is 4.74 Å². The molecule has 1 aromatic rings. The van der Waals surface area contributed by atoms with Crippen LogP contribution in [0.4, 0.5) is 0 Å². The fraction of sp³-hybridized carbons (Fsp3) is 0.789. The van der Waals surface area contributed by atoms with Gasteiger partial charge in [0, 0.05) is 57.7 Å². The summed E-state index contributed by atoms with van der Waals surface area (Å²) in [6, 6.07) is 2.63. The molecule has 0 aliphatic carbocycles. The summed E-state index contributed by atoms with van der Waals surface area (Å²) in [5.74, 6) is -0.0491.